The van der Waals surface area contributed by atoms with E-state index >= 15 is 0 Å². The fraction of sp³-hybridized carbons (Fsp3) is 0.483. The fourth-order valence-electron chi connectivity index (χ4n) is 4.52. The van der Waals surface area contributed by atoms with Crippen LogP contribution < -0.4 is 0 Å². The van der Waals surface area contributed by atoms with Gasteiger partial charge >= 0.3 is 6.09 Å². The third-order valence-electron chi connectivity index (χ3n) is 6.54. The van der Waals surface area contributed by atoms with Crippen molar-refractivity contribution < 1.29 is 18.7 Å². The van der Waals surface area contributed by atoms with Crippen molar-refractivity contribution in [2.45, 2.75) is 66.0 Å². The van der Waals surface area contributed by atoms with Gasteiger partial charge in [0, 0.05) is 25.2 Å². The Morgan fingerprint density at radius 3 is 2.39 bits per heavy atom. The summed E-state index contributed by atoms with van der Waals surface area (Å²) < 4.78 is 11.4. The van der Waals surface area contributed by atoms with E-state index < -0.39 is 5.60 Å². The van der Waals surface area contributed by atoms with Crippen LogP contribution >= 0.6 is 0 Å². The van der Waals surface area contributed by atoms with Crippen LogP contribution in [0.15, 0.2) is 47.1 Å². The number of carbonyl (C=O) groups excluding carboxylic acids is 2. The predicted molar refractivity (Wildman–Crippen MR) is 145 cm³/mol. The molecule has 2 aromatic heterocycles. The molecule has 0 saturated carbocycles. The van der Waals surface area contributed by atoms with Crippen LogP contribution in [0.25, 0.3) is 22.8 Å². The van der Waals surface area contributed by atoms with Crippen molar-refractivity contribution in [2.24, 2.45) is 5.92 Å². The fourth-order valence-corrected chi connectivity index (χ4v) is 4.52. The number of piperazine rings is 1. The summed E-state index contributed by atoms with van der Waals surface area (Å²) in [6, 6.07) is 11.4. The molecule has 2 amide bonds. The average Bonchev–Trinajstić information content (AvgIpc) is 3.37. The highest BCUT2D eigenvalue weighted by Gasteiger charge is 2.37. The van der Waals surface area contributed by atoms with Crippen molar-refractivity contribution >= 4 is 12.0 Å². The lowest BCUT2D eigenvalue weighted by Gasteiger charge is -2.43. The summed E-state index contributed by atoms with van der Waals surface area (Å²) in [5.74, 6) is 0.357. The topological polar surface area (TPSA) is 102 Å². The predicted octanol–water partition coefficient (Wildman–Crippen LogP) is 5.64. The van der Waals surface area contributed by atoms with E-state index in [1.165, 1.54) is 0 Å². The van der Waals surface area contributed by atoms with Crippen molar-refractivity contribution in [3.05, 3.63) is 53.9 Å². The van der Waals surface area contributed by atoms with Crippen LogP contribution in [0.2, 0.25) is 0 Å². The summed E-state index contributed by atoms with van der Waals surface area (Å²) in [7, 11) is 0. The normalized spacial score (nSPS) is 16.3. The minimum atomic E-state index is -0.582. The number of amides is 2. The molecule has 3 heterocycles. The largest absolute Gasteiger partial charge is 0.444 e. The third-order valence-corrected chi connectivity index (χ3v) is 6.54. The molecule has 1 saturated heterocycles. The maximum atomic E-state index is 13.5. The molecule has 4 rings (SSSR count). The van der Waals surface area contributed by atoms with Gasteiger partial charge in [0.25, 0.3) is 5.91 Å². The van der Waals surface area contributed by atoms with Gasteiger partial charge in [-0.2, -0.15) is 0 Å². The highest BCUT2D eigenvalue weighted by atomic mass is 16.6. The van der Waals surface area contributed by atoms with Gasteiger partial charge in [-0.25, -0.2) is 9.78 Å². The zero-order valence-electron chi connectivity index (χ0n) is 23.3. The van der Waals surface area contributed by atoms with Crippen molar-refractivity contribution in [1.29, 1.82) is 0 Å². The van der Waals surface area contributed by atoms with Crippen molar-refractivity contribution in [3.8, 4) is 22.8 Å². The number of hydrogen-bond acceptors (Lipinski definition) is 7. The van der Waals surface area contributed by atoms with Gasteiger partial charge in [-0.3, -0.25) is 4.79 Å². The SMILES string of the molecule is CC(C)c1cc(C(=O)N2CCN(C(=O)OC(C)(C)C)[C@@H](C(C)C)C2)nnc1-c1nc(-c2ccccc2)co1. The minimum Gasteiger partial charge on any atom is -0.444 e. The lowest BCUT2D eigenvalue weighted by atomic mass is 9.98. The monoisotopic (exact) mass is 519 g/mol. The van der Waals surface area contributed by atoms with E-state index in [-0.39, 0.29) is 35.6 Å². The maximum Gasteiger partial charge on any atom is 0.410 e. The first-order valence-electron chi connectivity index (χ1n) is 13.1. The minimum absolute atomic E-state index is 0.0616. The lowest BCUT2D eigenvalue weighted by Crippen LogP contribution is -2.59. The number of ether oxygens (including phenoxy) is 1. The molecule has 0 radical (unpaired) electrons. The molecular formula is C29H37N5O4. The Hall–Kier alpha value is -3.75. The van der Waals surface area contributed by atoms with Crippen molar-refractivity contribution in [2.75, 3.05) is 19.6 Å². The van der Waals surface area contributed by atoms with E-state index in [9.17, 15) is 9.59 Å². The highest BCUT2D eigenvalue weighted by molar-refractivity contribution is 5.93. The Bertz CT molecular complexity index is 1280. The first kappa shape index (κ1) is 27.3. The zero-order valence-corrected chi connectivity index (χ0v) is 23.3. The van der Waals surface area contributed by atoms with Gasteiger partial charge in [0.15, 0.2) is 11.4 Å². The molecule has 1 atom stereocenters. The number of carbonyl (C=O) groups is 2. The second kappa shape index (κ2) is 10.9. The molecule has 38 heavy (non-hydrogen) atoms. The number of benzene rings is 1. The van der Waals surface area contributed by atoms with Crippen LogP contribution in [0.5, 0.6) is 0 Å². The Kier molecular flexibility index (Phi) is 7.85. The molecule has 9 nitrogen and oxygen atoms in total. The molecule has 0 N–H and O–H groups in total. The van der Waals surface area contributed by atoms with Crippen LogP contribution in [0, 0.1) is 5.92 Å². The van der Waals surface area contributed by atoms with Gasteiger partial charge in [-0.05, 0) is 44.2 Å². The summed E-state index contributed by atoms with van der Waals surface area (Å²) in [5, 5.41) is 8.67. The molecule has 9 heteroatoms. The summed E-state index contributed by atoms with van der Waals surface area (Å²) in [5.41, 5.74) is 2.69. The lowest BCUT2D eigenvalue weighted by molar-refractivity contribution is -0.00803. The first-order chi connectivity index (χ1) is 17.9. The van der Waals surface area contributed by atoms with Gasteiger partial charge in [0.1, 0.15) is 17.6 Å². The maximum absolute atomic E-state index is 13.5. The molecule has 1 aromatic carbocycles. The van der Waals surface area contributed by atoms with E-state index in [1.54, 1.807) is 22.1 Å². The molecule has 202 valence electrons. The first-order valence-corrected chi connectivity index (χ1v) is 13.1. The number of oxazole rings is 1. The third kappa shape index (κ3) is 6.03. The Morgan fingerprint density at radius 2 is 1.76 bits per heavy atom. The molecule has 1 fully saturated rings. The van der Waals surface area contributed by atoms with Gasteiger partial charge < -0.3 is 19.0 Å². The average molecular weight is 520 g/mol. The summed E-state index contributed by atoms with van der Waals surface area (Å²) in [6.45, 7) is 14.9. The Labute approximate surface area is 224 Å². The Balaban J connectivity index is 1.56. The molecule has 3 aromatic rings. The van der Waals surface area contributed by atoms with Crippen molar-refractivity contribution in [1.82, 2.24) is 25.0 Å². The quantitative estimate of drug-likeness (QED) is 0.430. The standard InChI is InChI=1S/C29H37N5O4/c1-18(2)21-15-22(31-32-25(21)26-30-23(17-37-26)20-11-9-8-10-12-20)27(35)33-13-14-34(24(16-33)19(3)4)28(36)38-29(5,6)7/h8-12,15,17-19,24H,13-14,16H2,1-7H3/t24-/m1/s1. The van der Waals surface area contributed by atoms with E-state index in [0.717, 1.165) is 11.1 Å². The van der Waals surface area contributed by atoms with E-state index in [4.69, 9.17) is 9.15 Å². The van der Waals surface area contributed by atoms with E-state index in [2.05, 4.69) is 15.2 Å². The molecule has 1 aliphatic rings. The van der Waals surface area contributed by atoms with Gasteiger partial charge in [-0.1, -0.05) is 58.0 Å². The van der Waals surface area contributed by atoms with Crippen LogP contribution in [0.3, 0.4) is 0 Å². The zero-order chi connectivity index (χ0) is 27.6. The molecule has 0 bridgehead atoms. The second-order valence-electron chi connectivity index (χ2n) is 11.3. The van der Waals surface area contributed by atoms with E-state index in [0.29, 0.717) is 36.9 Å². The summed E-state index contributed by atoms with van der Waals surface area (Å²) in [6.07, 6.45) is 1.25. The second-order valence-corrected chi connectivity index (χ2v) is 11.3. The number of rotatable bonds is 5. The van der Waals surface area contributed by atoms with Gasteiger partial charge in [0.05, 0.1) is 6.04 Å². The highest BCUT2D eigenvalue weighted by Crippen LogP contribution is 2.30. The molecular weight excluding hydrogens is 482 g/mol. The van der Waals surface area contributed by atoms with Crippen LogP contribution in [-0.2, 0) is 4.74 Å². The summed E-state index contributed by atoms with van der Waals surface area (Å²) >= 11 is 0. The van der Waals surface area contributed by atoms with Crippen LogP contribution in [0.4, 0.5) is 4.79 Å². The van der Waals surface area contributed by atoms with Crippen LogP contribution in [-0.4, -0.2) is 68.3 Å². The van der Waals surface area contributed by atoms with Gasteiger partial charge in [-0.15, -0.1) is 10.2 Å². The van der Waals surface area contributed by atoms with E-state index in [1.807, 2.05) is 78.8 Å². The molecule has 0 unspecified atom stereocenters. The van der Waals surface area contributed by atoms with Gasteiger partial charge in [0.2, 0.25) is 5.89 Å². The molecule has 0 aliphatic carbocycles. The molecule has 0 spiro atoms. The Morgan fingerprint density at radius 1 is 1.05 bits per heavy atom. The number of nitrogens with zero attached hydrogens (tertiary/aromatic N) is 5. The number of aromatic nitrogens is 3. The number of hydrogen-bond donors (Lipinski definition) is 0. The van der Waals surface area contributed by atoms with Crippen LogP contribution in [0.1, 0.15) is 70.4 Å². The summed E-state index contributed by atoms with van der Waals surface area (Å²) in [4.78, 5) is 34.5. The molecule has 1 aliphatic heterocycles. The van der Waals surface area contributed by atoms with Crippen molar-refractivity contribution in [3.63, 3.8) is 0 Å². The smallest absolute Gasteiger partial charge is 0.410 e.